The Morgan fingerprint density at radius 3 is 2.22 bits per heavy atom. The van der Waals surface area contributed by atoms with Gasteiger partial charge in [0.2, 0.25) is 6.29 Å². The third kappa shape index (κ3) is 11.4. The smallest absolute Gasteiger partial charge is 0.461 e. The number of carbonyl (C=O) groups excluding carboxylic acids is 3. The first-order valence-corrected chi connectivity index (χ1v) is 12.7. The summed E-state index contributed by atoms with van der Waals surface area (Å²) in [6, 6.07) is 9.53. The first-order valence-electron chi connectivity index (χ1n) is 12.7. The molecule has 0 amide bonds. The minimum Gasteiger partial charge on any atom is -0.461 e. The summed E-state index contributed by atoms with van der Waals surface area (Å²) in [5.41, 5.74) is 0.957. The molecule has 10 nitrogen and oxygen atoms in total. The Morgan fingerprint density at radius 1 is 1.00 bits per heavy atom. The highest BCUT2D eigenvalue weighted by Crippen LogP contribution is 2.34. The molecule has 204 valence electrons. The summed E-state index contributed by atoms with van der Waals surface area (Å²) in [6.45, 7) is 5.37. The van der Waals surface area contributed by atoms with E-state index >= 15 is 0 Å². The van der Waals surface area contributed by atoms with E-state index in [-0.39, 0.29) is 31.3 Å². The van der Waals surface area contributed by atoms with Gasteiger partial charge in [0.05, 0.1) is 5.92 Å². The Morgan fingerprint density at radius 2 is 1.62 bits per heavy atom. The van der Waals surface area contributed by atoms with Crippen LogP contribution in [0.3, 0.4) is 0 Å². The van der Waals surface area contributed by atoms with Crippen LogP contribution in [0.2, 0.25) is 0 Å². The Bertz CT molecular complexity index is 908. The number of ether oxygens (including phenoxy) is 3. The minimum atomic E-state index is -1.40. The van der Waals surface area contributed by atoms with Crippen molar-refractivity contribution in [3.05, 3.63) is 58.2 Å². The lowest BCUT2D eigenvalue weighted by Crippen LogP contribution is -2.29. The van der Waals surface area contributed by atoms with Crippen molar-refractivity contribution in [3.63, 3.8) is 0 Å². The van der Waals surface area contributed by atoms with E-state index in [4.69, 9.17) is 9.47 Å². The molecule has 0 saturated heterocycles. The monoisotopic (exact) mass is 519 g/mol. The average Bonchev–Trinajstić information content (AvgIpc) is 2.85. The van der Waals surface area contributed by atoms with Crippen LogP contribution in [0.1, 0.15) is 58.4 Å². The van der Waals surface area contributed by atoms with E-state index in [1.54, 1.807) is 0 Å². The van der Waals surface area contributed by atoms with Gasteiger partial charge in [0, 0.05) is 12.3 Å². The van der Waals surface area contributed by atoms with Crippen LogP contribution in [0.4, 0.5) is 4.79 Å². The summed E-state index contributed by atoms with van der Waals surface area (Å²) in [4.78, 5) is 51.6. The number of hydrogen-bond donors (Lipinski definition) is 0. The second-order valence-electron chi connectivity index (χ2n) is 9.59. The number of nitrogens with zero attached hydrogens (tertiary/aromatic N) is 1. The Hall–Kier alpha value is -3.43. The van der Waals surface area contributed by atoms with Crippen molar-refractivity contribution >= 4 is 17.9 Å². The van der Waals surface area contributed by atoms with Crippen molar-refractivity contribution in [2.75, 3.05) is 13.2 Å². The van der Waals surface area contributed by atoms with Crippen LogP contribution >= 0.6 is 0 Å². The molecule has 10 heteroatoms. The van der Waals surface area contributed by atoms with Crippen molar-refractivity contribution in [2.24, 2.45) is 23.7 Å². The highest BCUT2D eigenvalue weighted by Gasteiger charge is 2.31. The third-order valence-electron chi connectivity index (χ3n) is 6.56. The van der Waals surface area contributed by atoms with E-state index in [9.17, 15) is 24.5 Å². The maximum atomic E-state index is 13.1. The van der Waals surface area contributed by atoms with E-state index < -0.39 is 29.4 Å². The maximum absolute atomic E-state index is 13.1. The number of ketones is 1. The van der Waals surface area contributed by atoms with Gasteiger partial charge in [-0.25, -0.2) is 4.79 Å². The Balaban J connectivity index is 1.83. The molecular formula is C27H37NO9. The van der Waals surface area contributed by atoms with Crippen LogP contribution in [0.25, 0.3) is 0 Å². The van der Waals surface area contributed by atoms with Crippen molar-refractivity contribution in [3.8, 4) is 0 Å². The quantitative estimate of drug-likeness (QED) is 0.109. The largest absolute Gasteiger partial charge is 0.510 e. The first-order chi connectivity index (χ1) is 17.7. The normalized spacial score (nSPS) is 19.1. The van der Waals surface area contributed by atoms with Crippen LogP contribution in [-0.2, 0) is 35.1 Å². The molecule has 2 rings (SSSR count). The highest BCUT2D eigenvalue weighted by atomic mass is 17.0. The van der Waals surface area contributed by atoms with Crippen LogP contribution in [0.15, 0.2) is 42.5 Å². The van der Waals surface area contributed by atoms with Crippen LogP contribution in [0.5, 0.6) is 0 Å². The number of carbonyl (C=O) groups is 3. The molecule has 1 saturated carbocycles. The fourth-order valence-electron chi connectivity index (χ4n) is 4.47. The first kappa shape index (κ1) is 29.8. The van der Waals surface area contributed by atoms with E-state index in [0.717, 1.165) is 31.2 Å². The van der Waals surface area contributed by atoms with Gasteiger partial charge in [-0.15, -0.1) is 10.1 Å². The summed E-state index contributed by atoms with van der Waals surface area (Å²) in [6.07, 6.45) is 4.79. The number of Topliss-reactive ketones (excluding diaryl/α,β-unsaturated/α-hetero) is 1. The molecule has 1 aliphatic rings. The second-order valence-corrected chi connectivity index (χ2v) is 9.59. The molecule has 37 heavy (non-hydrogen) atoms. The molecule has 1 aliphatic carbocycles. The van der Waals surface area contributed by atoms with Crippen molar-refractivity contribution < 1.29 is 38.5 Å². The summed E-state index contributed by atoms with van der Waals surface area (Å²) in [5.74, 6) is 0.357. The summed E-state index contributed by atoms with van der Waals surface area (Å²) < 4.78 is 14.6. The Labute approximate surface area is 217 Å². The van der Waals surface area contributed by atoms with E-state index in [0.29, 0.717) is 18.3 Å². The van der Waals surface area contributed by atoms with Crippen LogP contribution in [-0.4, -0.2) is 42.5 Å². The van der Waals surface area contributed by atoms with Gasteiger partial charge in [-0.1, -0.05) is 44.2 Å². The molecule has 1 aromatic carbocycles. The number of hydrogen-bond acceptors (Lipinski definition) is 9. The highest BCUT2D eigenvalue weighted by molar-refractivity contribution is 5.86. The molecule has 0 aliphatic heterocycles. The molecule has 1 unspecified atom stereocenters. The molecule has 0 radical (unpaired) electrons. The van der Waals surface area contributed by atoms with Crippen molar-refractivity contribution in [1.29, 1.82) is 0 Å². The third-order valence-corrected chi connectivity index (χ3v) is 6.56. The van der Waals surface area contributed by atoms with Crippen LogP contribution < -0.4 is 0 Å². The molecule has 1 fully saturated rings. The predicted molar refractivity (Wildman–Crippen MR) is 134 cm³/mol. The summed E-state index contributed by atoms with van der Waals surface area (Å²) >= 11 is 0. The number of esters is 1. The fraction of sp³-hybridized carbons (Fsp3) is 0.593. The molecular weight excluding hydrogens is 482 g/mol. The lowest BCUT2D eigenvalue weighted by atomic mass is 9.74. The van der Waals surface area contributed by atoms with E-state index in [1.165, 1.54) is 19.1 Å². The molecule has 1 aromatic rings. The zero-order chi connectivity index (χ0) is 27.2. The second kappa shape index (κ2) is 15.6. The van der Waals surface area contributed by atoms with Gasteiger partial charge in [0.1, 0.15) is 19.0 Å². The van der Waals surface area contributed by atoms with Crippen LogP contribution in [0, 0.1) is 33.8 Å². The van der Waals surface area contributed by atoms with E-state index in [2.05, 4.69) is 23.4 Å². The van der Waals surface area contributed by atoms with Gasteiger partial charge in [-0.2, -0.15) is 0 Å². The minimum absolute atomic E-state index is 0.00338. The van der Waals surface area contributed by atoms with Gasteiger partial charge < -0.3 is 14.2 Å². The topological polar surface area (TPSA) is 131 Å². The summed E-state index contributed by atoms with van der Waals surface area (Å²) in [7, 11) is 0. The zero-order valence-corrected chi connectivity index (χ0v) is 21.7. The van der Waals surface area contributed by atoms with E-state index in [1.807, 2.05) is 30.3 Å². The van der Waals surface area contributed by atoms with Gasteiger partial charge in [0.15, 0.2) is 0 Å². The molecule has 0 aromatic heterocycles. The fourth-order valence-corrected chi connectivity index (χ4v) is 4.47. The standard InChI is InChI=1S/C27H37NO9/c1-19(2)22-11-13-23(14-12-22)25(29)18-24(17-21-9-5-4-6-10-21)26(30)34-15-7-8-16-35-27(31)36-20(3)37-28(32)33/h4-10,19-20,22-24H,11-18H2,1-3H3/b8-7-/t20?,22?,23?,24-/m0/s1. The van der Waals surface area contributed by atoms with Gasteiger partial charge >= 0.3 is 12.1 Å². The SMILES string of the molecule is CC(OC(=O)OC/C=C\COC(=O)[C@H](CC(=O)C1CCC(C(C)C)CC1)Cc1ccccc1)O[N+](=O)[O-]. The molecule has 0 N–H and O–H groups in total. The average molecular weight is 520 g/mol. The zero-order valence-electron chi connectivity index (χ0n) is 21.7. The number of rotatable bonds is 14. The van der Waals surface area contributed by atoms with Crippen molar-refractivity contribution in [2.45, 2.75) is 65.6 Å². The molecule has 0 spiro atoms. The van der Waals surface area contributed by atoms with Gasteiger partial charge in [-0.05, 0) is 68.6 Å². The predicted octanol–water partition coefficient (Wildman–Crippen LogP) is 5.07. The Kier molecular flexibility index (Phi) is 12.6. The number of benzene rings is 1. The molecule has 0 bridgehead atoms. The molecule has 2 atom stereocenters. The van der Waals surface area contributed by atoms with Crippen molar-refractivity contribution in [1.82, 2.24) is 0 Å². The maximum Gasteiger partial charge on any atom is 0.510 e. The molecule has 0 heterocycles. The lowest BCUT2D eigenvalue weighted by Gasteiger charge is -2.30. The summed E-state index contributed by atoms with van der Waals surface area (Å²) in [5, 5.41) is 9.10. The lowest BCUT2D eigenvalue weighted by molar-refractivity contribution is -0.777. The van der Waals surface area contributed by atoms with Gasteiger partial charge in [-0.3, -0.25) is 14.4 Å². The van der Waals surface area contributed by atoms with Gasteiger partial charge in [0.25, 0.3) is 5.09 Å².